The van der Waals surface area contributed by atoms with Gasteiger partial charge in [-0.05, 0) is 30.7 Å². The summed E-state index contributed by atoms with van der Waals surface area (Å²) in [7, 11) is 3.07. The van der Waals surface area contributed by atoms with Crippen LogP contribution in [0.15, 0.2) is 46.1 Å². The Hall–Kier alpha value is -3.29. The van der Waals surface area contributed by atoms with Gasteiger partial charge in [0.25, 0.3) is 5.56 Å². The number of fused-ring (bicyclic) bond motifs is 1. The van der Waals surface area contributed by atoms with Gasteiger partial charge in [0.15, 0.2) is 0 Å². The van der Waals surface area contributed by atoms with Crippen LogP contribution in [0.1, 0.15) is 23.7 Å². The Morgan fingerprint density at radius 1 is 1.14 bits per heavy atom. The smallest absolute Gasteiger partial charge is 0.332 e. The minimum absolute atomic E-state index is 0.0447. The summed E-state index contributed by atoms with van der Waals surface area (Å²) in [4.78, 5) is 47.7. The van der Waals surface area contributed by atoms with Gasteiger partial charge < -0.3 is 4.90 Å². The number of hydrogen-bond donors (Lipinski definition) is 0. The van der Waals surface area contributed by atoms with Crippen LogP contribution < -0.4 is 11.2 Å². The van der Waals surface area contributed by atoms with E-state index in [4.69, 9.17) is 0 Å². The minimum atomic E-state index is -0.402. The maximum absolute atomic E-state index is 12.6. The zero-order valence-electron chi connectivity index (χ0n) is 15.8. The van der Waals surface area contributed by atoms with E-state index in [1.54, 1.807) is 19.3 Å². The Kier molecular flexibility index (Phi) is 4.54. The van der Waals surface area contributed by atoms with Crippen molar-refractivity contribution >= 4 is 16.9 Å². The normalized spacial score (nSPS) is 16.6. The first-order valence-electron chi connectivity index (χ1n) is 9.20. The topological polar surface area (TPSA) is 90.1 Å². The molecule has 3 aromatic heterocycles. The molecule has 0 saturated carbocycles. The summed E-state index contributed by atoms with van der Waals surface area (Å²) in [6.07, 6.45) is 2.76. The molecule has 4 rings (SSSR count). The molecule has 3 aromatic rings. The lowest BCUT2D eigenvalue weighted by atomic mass is 10.0. The highest BCUT2D eigenvalue weighted by Crippen LogP contribution is 2.27. The van der Waals surface area contributed by atoms with Gasteiger partial charge in [-0.15, -0.1) is 0 Å². The second-order valence-corrected chi connectivity index (χ2v) is 7.14. The summed E-state index contributed by atoms with van der Waals surface area (Å²) in [5.74, 6) is 0.125. The van der Waals surface area contributed by atoms with Crippen LogP contribution in [-0.2, 0) is 25.3 Å². The number of likely N-dealkylation sites (tertiary alicyclic amines) is 1. The van der Waals surface area contributed by atoms with Gasteiger partial charge in [-0.1, -0.05) is 6.07 Å². The van der Waals surface area contributed by atoms with Gasteiger partial charge in [0.05, 0.1) is 11.8 Å². The standard InChI is InChI=1S/C20H21N5O3/c1-23-18-15(19(27)24(2)20(23)28)6-7-16(22-18)13-8-10-25(12-13)17(26)11-14-5-3-4-9-21-14/h3-7,9,13H,8,10-12H2,1-2H3/t13-/m0/s1. The van der Waals surface area contributed by atoms with Gasteiger partial charge in [-0.2, -0.15) is 0 Å². The van der Waals surface area contributed by atoms with Crippen molar-refractivity contribution in [2.24, 2.45) is 14.1 Å². The van der Waals surface area contributed by atoms with E-state index in [1.807, 2.05) is 29.2 Å². The molecule has 4 heterocycles. The van der Waals surface area contributed by atoms with E-state index in [0.717, 1.165) is 22.4 Å². The van der Waals surface area contributed by atoms with Gasteiger partial charge in [0.1, 0.15) is 5.65 Å². The molecule has 1 amide bonds. The first kappa shape index (κ1) is 18.1. The molecule has 1 fully saturated rings. The lowest BCUT2D eigenvalue weighted by Crippen LogP contribution is -2.37. The molecular formula is C20H21N5O3. The number of nitrogens with zero attached hydrogens (tertiary/aromatic N) is 5. The third-order valence-electron chi connectivity index (χ3n) is 5.34. The Balaban J connectivity index is 1.57. The molecule has 0 spiro atoms. The summed E-state index contributed by atoms with van der Waals surface area (Å²) in [6.45, 7) is 1.23. The molecular weight excluding hydrogens is 358 g/mol. The third kappa shape index (κ3) is 3.11. The second kappa shape index (κ2) is 7.03. The van der Waals surface area contributed by atoms with Crippen molar-refractivity contribution in [1.82, 2.24) is 24.0 Å². The van der Waals surface area contributed by atoms with Crippen LogP contribution in [0, 0.1) is 0 Å². The molecule has 1 aliphatic rings. The number of aromatic nitrogens is 4. The maximum atomic E-state index is 12.6. The molecule has 0 radical (unpaired) electrons. The van der Waals surface area contributed by atoms with E-state index in [-0.39, 0.29) is 23.8 Å². The average molecular weight is 379 g/mol. The Morgan fingerprint density at radius 3 is 2.71 bits per heavy atom. The third-order valence-corrected chi connectivity index (χ3v) is 5.34. The second-order valence-electron chi connectivity index (χ2n) is 7.14. The highest BCUT2D eigenvalue weighted by molar-refractivity contribution is 5.79. The number of hydrogen-bond acceptors (Lipinski definition) is 5. The largest absolute Gasteiger partial charge is 0.342 e. The number of rotatable bonds is 3. The molecule has 1 saturated heterocycles. The van der Waals surface area contributed by atoms with Crippen LogP contribution in [0.4, 0.5) is 0 Å². The summed E-state index contributed by atoms with van der Waals surface area (Å²) in [6, 6.07) is 9.09. The molecule has 0 bridgehead atoms. The summed E-state index contributed by atoms with van der Waals surface area (Å²) in [5.41, 5.74) is 1.18. The summed E-state index contributed by atoms with van der Waals surface area (Å²) >= 11 is 0. The van der Waals surface area contributed by atoms with Crippen molar-refractivity contribution in [2.75, 3.05) is 13.1 Å². The minimum Gasteiger partial charge on any atom is -0.342 e. The predicted molar refractivity (Wildman–Crippen MR) is 104 cm³/mol. The van der Waals surface area contributed by atoms with E-state index in [0.29, 0.717) is 24.1 Å². The van der Waals surface area contributed by atoms with Crippen molar-refractivity contribution in [2.45, 2.75) is 18.8 Å². The molecule has 8 heteroatoms. The molecule has 0 N–H and O–H groups in total. The van der Waals surface area contributed by atoms with Crippen LogP contribution >= 0.6 is 0 Å². The predicted octanol–water partition coefficient (Wildman–Crippen LogP) is 0.586. The van der Waals surface area contributed by atoms with Crippen molar-refractivity contribution in [3.8, 4) is 0 Å². The quantitative estimate of drug-likeness (QED) is 0.664. The number of aryl methyl sites for hydroxylation is 1. The van der Waals surface area contributed by atoms with Gasteiger partial charge in [0, 0.05) is 50.7 Å². The Bertz CT molecular complexity index is 1170. The number of amides is 1. The van der Waals surface area contributed by atoms with E-state index >= 15 is 0 Å². The fraction of sp³-hybridized carbons (Fsp3) is 0.350. The van der Waals surface area contributed by atoms with E-state index < -0.39 is 5.69 Å². The Labute approximate surface area is 161 Å². The maximum Gasteiger partial charge on any atom is 0.332 e. The molecule has 1 atom stereocenters. The van der Waals surface area contributed by atoms with Crippen molar-refractivity contribution in [1.29, 1.82) is 0 Å². The first-order valence-corrected chi connectivity index (χ1v) is 9.20. The van der Waals surface area contributed by atoms with Gasteiger partial charge >= 0.3 is 5.69 Å². The number of pyridine rings is 2. The monoisotopic (exact) mass is 379 g/mol. The molecule has 0 aromatic carbocycles. The molecule has 8 nitrogen and oxygen atoms in total. The lowest BCUT2D eigenvalue weighted by Gasteiger charge is -2.16. The highest BCUT2D eigenvalue weighted by Gasteiger charge is 2.28. The van der Waals surface area contributed by atoms with Gasteiger partial charge in [-0.3, -0.25) is 23.7 Å². The van der Waals surface area contributed by atoms with Crippen LogP contribution in [0.25, 0.3) is 11.0 Å². The summed E-state index contributed by atoms with van der Waals surface area (Å²) < 4.78 is 2.47. The molecule has 0 aliphatic carbocycles. The molecule has 28 heavy (non-hydrogen) atoms. The van der Waals surface area contributed by atoms with Crippen LogP contribution in [0.5, 0.6) is 0 Å². The van der Waals surface area contributed by atoms with Gasteiger partial charge in [0.2, 0.25) is 5.91 Å². The zero-order chi connectivity index (χ0) is 19.8. The fourth-order valence-electron chi connectivity index (χ4n) is 3.69. The van der Waals surface area contributed by atoms with E-state index in [1.165, 1.54) is 11.6 Å². The van der Waals surface area contributed by atoms with E-state index in [2.05, 4.69) is 9.97 Å². The van der Waals surface area contributed by atoms with Crippen LogP contribution in [-0.4, -0.2) is 43.0 Å². The van der Waals surface area contributed by atoms with E-state index in [9.17, 15) is 14.4 Å². The Morgan fingerprint density at radius 2 is 1.96 bits per heavy atom. The average Bonchev–Trinajstić information content (AvgIpc) is 3.21. The van der Waals surface area contributed by atoms with Crippen LogP contribution in [0.2, 0.25) is 0 Å². The van der Waals surface area contributed by atoms with Crippen molar-refractivity contribution in [3.05, 3.63) is 68.8 Å². The van der Waals surface area contributed by atoms with Gasteiger partial charge in [-0.25, -0.2) is 9.78 Å². The molecule has 1 aliphatic heterocycles. The molecule has 144 valence electrons. The summed E-state index contributed by atoms with van der Waals surface area (Å²) in [5, 5.41) is 0.412. The zero-order valence-corrected chi connectivity index (χ0v) is 15.8. The number of carbonyl (C=O) groups is 1. The van der Waals surface area contributed by atoms with Crippen molar-refractivity contribution < 1.29 is 4.79 Å². The molecule has 0 unspecified atom stereocenters. The number of carbonyl (C=O) groups excluding carboxylic acids is 1. The van der Waals surface area contributed by atoms with Crippen molar-refractivity contribution in [3.63, 3.8) is 0 Å². The first-order chi connectivity index (χ1) is 13.5. The lowest BCUT2D eigenvalue weighted by molar-refractivity contribution is -0.129. The fourth-order valence-corrected chi connectivity index (χ4v) is 3.69. The van der Waals surface area contributed by atoms with Crippen LogP contribution in [0.3, 0.4) is 0 Å². The highest BCUT2D eigenvalue weighted by atomic mass is 16.2. The SMILES string of the molecule is Cn1c(=O)c2ccc([C@H]3CCN(C(=O)Cc4ccccn4)C3)nc2n(C)c1=O.